The lowest BCUT2D eigenvalue weighted by molar-refractivity contribution is 0.0299. The maximum atomic E-state index is 12.6. The molecule has 2 aromatic heterocycles. The lowest BCUT2D eigenvalue weighted by Crippen LogP contribution is -2.40. The summed E-state index contributed by atoms with van der Waals surface area (Å²) < 4.78 is 17.5. The first kappa shape index (κ1) is 17.3. The van der Waals surface area contributed by atoms with Crippen molar-refractivity contribution in [3.05, 3.63) is 42.2 Å². The van der Waals surface area contributed by atoms with Crippen LogP contribution in [0.3, 0.4) is 0 Å². The van der Waals surface area contributed by atoms with Gasteiger partial charge in [-0.1, -0.05) is 0 Å². The number of benzene rings is 1. The molecule has 3 aromatic rings. The predicted octanol–water partition coefficient (Wildman–Crippen LogP) is 1.89. The maximum absolute atomic E-state index is 12.6. The zero-order valence-electron chi connectivity index (χ0n) is 15.2. The fraction of sp³-hybridized carbons (Fsp3) is 0.316. The van der Waals surface area contributed by atoms with E-state index in [-0.39, 0.29) is 5.91 Å². The van der Waals surface area contributed by atoms with Gasteiger partial charge in [0.05, 0.1) is 33.1 Å². The van der Waals surface area contributed by atoms with Crippen molar-refractivity contribution in [2.45, 2.75) is 0 Å². The van der Waals surface area contributed by atoms with Crippen LogP contribution in [0, 0.1) is 0 Å². The summed E-state index contributed by atoms with van der Waals surface area (Å²) in [5.74, 6) is 1.19. The van der Waals surface area contributed by atoms with E-state index < -0.39 is 0 Å². The number of carbonyl (C=O) groups excluding carboxylic acids is 1. The molecule has 27 heavy (non-hydrogen) atoms. The molecule has 1 amide bonds. The Morgan fingerprint density at radius 3 is 2.59 bits per heavy atom. The third-order valence-corrected chi connectivity index (χ3v) is 4.52. The average Bonchev–Trinajstić information content (AvgIpc) is 3.16. The van der Waals surface area contributed by atoms with Crippen molar-refractivity contribution in [1.82, 2.24) is 19.5 Å². The van der Waals surface area contributed by atoms with Gasteiger partial charge in [0.25, 0.3) is 5.91 Å². The molecule has 0 N–H and O–H groups in total. The minimum absolute atomic E-state index is 0.100. The summed E-state index contributed by atoms with van der Waals surface area (Å²) in [6.45, 7) is 2.27. The highest BCUT2D eigenvalue weighted by atomic mass is 16.5. The molecule has 0 radical (unpaired) electrons. The number of nitrogens with zero attached hydrogens (tertiary/aromatic N) is 4. The Balaban J connectivity index is 1.65. The lowest BCUT2D eigenvalue weighted by Gasteiger charge is -2.25. The molecule has 3 heterocycles. The number of aromatic nitrogens is 3. The van der Waals surface area contributed by atoms with Crippen molar-refractivity contribution in [1.29, 1.82) is 0 Å². The molecule has 1 aliphatic rings. The molecular formula is C19H20N4O4. The first-order valence-electron chi connectivity index (χ1n) is 8.65. The number of amides is 1. The Bertz CT molecular complexity index is 979. The highest BCUT2D eigenvalue weighted by Gasteiger charge is 2.21. The number of rotatable bonds is 4. The van der Waals surface area contributed by atoms with Gasteiger partial charge in [0.1, 0.15) is 0 Å². The van der Waals surface area contributed by atoms with E-state index in [0.29, 0.717) is 49.1 Å². The molecule has 4 rings (SSSR count). The Morgan fingerprint density at radius 1 is 1.07 bits per heavy atom. The van der Waals surface area contributed by atoms with Gasteiger partial charge in [0.2, 0.25) is 0 Å². The van der Waals surface area contributed by atoms with E-state index in [0.717, 1.165) is 11.3 Å². The molecule has 0 atom stereocenters. The molecule has 1 saturated heterocycles. The van der Waals surface area contributed by atoms with Gasteiger partial charge >= 0.3 is 0 Å². The van der Waals surface area contributed by atoms with Gasteiger partial charge in [-0.2, -0.15) is 5.10 Å². The molecule has 1 aliphatic heterocycles. The summed E-state index contributed by atoms with van der Waals surface area (Å²) in [5, 5.41) is 4.36. The topological polar surface area (TPSA) is 78.2 Å². The van der Waals surface area contributed by atoms with Crippen molar-refractivity contribution in [3.8, 4) is 22.8 Å². The Kier molecular flexibility index (Phi) is 4.64. The zero-order valence-corrected chi connectivity index (χ0v) is 15.2. The van der Waals surface area contributed by atoms with Crippen LogP contribution in [0.5, 0.6) is 11.5 Å². The van der Waals surface area contributed by atoms with Crippen molar-refractivity contribution < 1.29 is 19.0 Å². The number of ether oxygens (including phenoxy) is 3. The Hall–Kier alpha value is -3.13. The van der Waals surface area contributed by atoms with Crippen LogP contribution in [0.2, 0.25) is 0 Å². The minimum Gasteiger partial charge on any atom is -0.493 e. The van der Waals surface area contributed by atoms with Crippen molar-refractivity contribution in [2.75, 3.05) is 40.5 Å². The summed E-state index contributed by atoms with van der Waals surface area (Å²) >= 11 is 0. The lowest BCUT2D eigenvalue weighted by atomic mass is 10.1. The third kappa shape index (κ3) is 3.31. The van der Waals surface area contributed by atoms with Gasteiger partial charge in [-0.15, -0.1) is 0 Å². The molecule has 0 saturated carbocycles. The van der Waals surface area contributed by atoms with Gasteiger partial charge in [0, 0.05) is 30.9 Å². The highest BCUT2D eigenvalue weighted by molar-refractivity contribution is 5.93. The first-order chi connectivity index (χ1) is 13.2. The molecule has 8 heteroatoms. The van der Waals surface area contributed by atoms with Crippen molar-refractivity contribution >= 4 is 11.6 Å². The molecule has 0 unspecified atom stereocenters. The normalized spacial score (nSPS) is 14.4. The SMILES string of the molecule is COc1ccc(-c2ccn3nc(C(=O)N4CCOCC4)cc3n2)cc1OC. The van der Waals surface area contributed by atoms with E-state index in [9.17, 15) is 4.79 Å². The Labute approximate surface area is 156 Å². The summed E-state index contributed by atoms with van der Waals surface area (Å²) in [6.07, 6.45) is 1.80. The van der Waals surface area contributed by atoms with Crippen LogP contribution >= 0.6 is 0 Å². The highest BCUT2D eigenvalue weighted by Crippen LogP contribution is 2.31. The first-order valence-corrected chi connectivity index (χ1v) is 8.65. The number of carbonyl (C=O) groups is 1. The average molecular weight is 368 g/mol. The van der Waals surface area contributed by atoms with Crippen molar-refractivity contribution in [2.24, 2.45) is 0 Å². The molecule has 1 aromatic carbocycles. The van der Waals surface area contributed by atoms with Crippen molar-refractivity contribution in [3.63, 3.8) is 0 Å². The van der Waals surface area contributed by atoms with E-state index in [1.54, 1.807) is 35.9 Å². The van der Waals surface area contributed by atoms with Crippen LogP contribution in [0.15, 0.2) is 36.5 Å². The van der Waals surface area contributed by atoms with Crippen LogP contribution in [-0.2, 0) is 4.74 Å². The molecule has 0 bridgehead atoms. The second-order valence-corrected chi connectivity index (χ2v) is 6.12. The van der Waals surface area contributed by atoms with E-state index in [1.165, 1.54) is 0 Å². The fourth-order valence-corrected chi connectivity index (χ4v) is 3.07. The van der Waals surface area contributed by atoms with Crippen LogP contribution in [0.1, 0.15) is 10.5 Å². The molecule has 8 nitrogen and oxygen atoms in total. The summed E-state index contributed by atoms with van der Waals surface area (Å²) in [5.41, 5.74) is 2.64. The molecular weight excluding hydrogens is 348 g/mol. The summed E-state index contributed by atoms with van der Waals surface area (Å²) in [6, 6.07) is 9.18. The standard InChI is InChI=1S/C19H20N4O4/c1-25-16-4-3-13(11-17(16)26-2)14-5-6-23-18(20-14)12-15(21-23)19(24)22-7-9-27-10-8-22/h3-6,11-12H,7-10H2,1-2H3. The smallest absolute Gasteiger partial charge is 0.274 e. The number of fused-ring (bicyclic) bond motifs is 1. The quantitative estimate of drug-likeness (QED) is 0.700. The van der Waals surface area contributed by atoms with Gasteiger partial charge < -0.3 is 19.1 Å². The number of methoxy groups -OCH3 is 2. The van der Waals surface area contributed by atoms with Gasteiger partial charge in [0.15, 0.2) is 22.8 Å². The van der Waals surface area contributed by atoms with E-state index in [4.69, 9.17) is 14.2 Å². The van der Waals surface area contributed by atoms with Crippen LogP contribution < -0.4 is 9.47 Å². The largest absolute Gasteiger partial charge is 0.493 e. The molecule has 0 spiro atoms. The second-order valence-electron chi connectivity index (χ2n) is 6.12. The fourth-order valence-electron chi connectivity index (χ4n) is 3.07. The maximum Gasteiger partial charge on any atom is 0.274 e. The number of hydrogen-bond acceptors (Lipinski definition) is 6. The van der Waals surface area contributed by atoms with Gasteiger partial charge in [-0.25, -0.2) is 9.50 Å². The number of morpholine rings is 1. The van der Waals surface area contributed by atoms with Crippen LogP contribution in [-0.4, -0.2) is 65.9 Å². The summed E-state index contributed by atoms with van der Waals surface area (Å²) in [4.78, 5) is 19.0. The van der Waals surface area contributed by atoms with Gasteiger partial charge in [-0.05, 0) is 24.3 Å². The number of hydrogen-bond donors (Lipinski definition) is 0. The molecule has 140 valence electrons. The molecule has 1 fully saturated rings. The van der Waals surface area contributed by atoms with E-state index >= 15 is 0 Å². The second kappa shape index (κ2) is 7.24. The van der Waals surface area contributed by atoms with E-state index in [2.05, 4.69) is 10.1 Å². The predicted molar refractivity (Wildman–Crippen MR) is 98.2 cm³/mol. The molecule has 0 aliphatic carbocycles. The van der Waals surface area contributed by atoms with Crippen LogP contribution in [0.4, 0.5) is 0 Å². The Morgan fingerprint density at radius 2 is 1.85 bits per heavy atom. The monoisotopic (exact) mass is 368 g/mol. The van der Waals surface area contributed by atoms with Gasteiger partial charge in [-0.3, -0.25) is 4.79 Å². The van der Waals surface area contributed by atoms with E-state index in [1.807, 2.05) is 24.3 Å². The van der Waals surface area contributed by atoms with Crippen LogP contribution in [0.25, 0.3) is 16.9 Å². The summed E-state index contributed by atoms with van der Waals surface area (Å²) in [7, 11) is 3.19. The zero-order chi connectivity index (χ0) is 18.8. The minimum atomic E-state index is -0.100. The third-order valence-electron chi connectivity index (χ3n) is 4.52.